The molecule has 0 heterocycles. The number of nitrogens with zero attached hydrogens (tertiary/aromatic N) is 1. The zero-order valence-corrected chi connectivity index (χ0v) is 49.7. The second-order valence-corrected chi connectivity index (χ2v) is 23.1. The van der Waals surface area contributed by atoms with Gasteiger partial charge in [-0.2, -0.15) is 0 Å². The van der Waals surface area contributed by atoms with Crippen molar-refractivity contribution >= 4 is 19.8 Å². The topological polar surface area (TPSA) is 111 Å². The number of ether oxygens (including phenoxy) is 2. The maximum atomic E-state index is 12.8. The Morgan fingerprint density at radius 3 is 1.15 bits per heavy atom. The van der Waals surface area contributed by atoms with Crippen molar-refractivity contribution < 1.29 is 42.1 Å². The van der Waals surface area contributed by atoms with E-state index >= 15 is 0 Å². The Balaban J connectivity index is 4.03. The number of esters is 2. The molecule has 0 radical (unpaired) electrons. The molecule has 0 amide bonds. The fraction of sp³-hybridized carbons (Fsp3) is 0.781. The lowest BCUT2D eigenvalue weighted by Gasteiger charge is -2.28. The van der Waals surface area contributed by atoms with Gasteiger partial charge in [-0.25, -0.2) is 0 Å². The summed E-state index contributed by atoms with van der Waals surface area (Å²) in [6.07, 6.45) is 72.6. The number of phosphoric ester groups is 1. The number of carbonyl (C=O) groups excluding carboxylic acids is 2. The Morgan fingerprint density at radius 1 is 0.432 bits per heavy atom. The summed E-state index contributed by atoms with van der Waals surface area (Å²) in [6.45, 7) is 4.10. The van der Waals surface area contributed by atoms with Crippen LogP contribution in [0.1, 0.15) is 271 Å². The Bertz CT molecular complexity index is 1480. The highest BCUT2D eigenvalue weighted by Crippen LogP contribution is 2.38. The molecule has 0 aromatic carbocycles. The third-order valence-electron chi connectivity index (χ3n) is 13.2. The van der Waals surface area contributed by atoms with Crippen molar-refractivity contribution in [2.24, 2.45) is 0 Å². The van der Waals surface area contributed by atoms with Crippen LogP contribution in [0, 0.1) is 0 Å². The van der Waals surface area contributed by atoms with Gasteiger partial charge < -0.3 is 27.9 Å². The molecule has 0 aromatic heterocycles. The van der Waals surface area contributed by atoms with Crippen molar-refractivity contribution in [2.75, 3.05) is 47.5 Å². The lowest BCUT2D eigenvalue weighted by Crippen LogP contribution is -2.37. The first-order valence-corrected chi connectivity index (χ1v) is 32.1. The molecule has 0 saturated carbocycles. The summed E-state index contributed by atoms with van der Waals surface area (Å²) in [7, 11) is 1.15. The van der Waals surface area contributed by atoms with Gasteiger partial charge in [0, 0.05) is 12.8 Å². The SMILES string of the molecule is CC/C=C\C/C=C\C/C=C\C/C=C\CCCCCCC(=O)OC(COC(=O)CCCCCCCCCCCCCCCCCCCCCCC/C=C\C/C=C\CCCCCCC)COP(=O)([O-])OCC[N+](C)(C)C. The van der Waals surface area contributed by atoms with Crippen LogP contribution in [-0.2, 0) is 32.7 Å². The van der Waals surface area contributed by atoms with E-state index in [0.717, 1.165) is 77.0 Å². The van der Waals surface area contributed by atoms with Crippen molar-refractivity contribution in [3.8, 4) is 0 Å². The summed E-state index contributed by atoms with van der Waals surface area (Å²) in [5, 5.41) is 0. The van der Waals surface area contributed by atoms with E-state index < -0.39 is 26.5 Å². The Hall–Kier alpha value is -2.55. The standard InChI is InChI=1S/C64H116NO8P/c1-6-8-10-12-14-16-18-20-22-24-25-26-27-28-29-30-31-32-33-34-35-36-37-38-39-41-42-44-46-48-50-52-54-56-63(66)70-60-62(61-72-74(68,69)71-59-58-65(3,4)5)73-64(67)57-55-53-51-49-47-45-43-40-23-21-19-17-15-13-11-9-7-2/h9,11,15,17-18,20-21,23-25,43,45,62H,6-8,10,12-14,16,19,22,26-42,44,46-61H2,1-5H3/b11-9-,17-15-,20-18-,23-21-,25-24-,45-43-. The summed E-state index contributed by atoms with van der Waals surface area (Å²) < 4.78 is 34.1. The number of phosphoric acid groups is 1. The van der Waals surface area contributed by atoms with Crippen LogP contribution in [0.5, 0.6) is 0 Å². The minimum atomic E-state index is -4.64. The van der Waals surface area contributed by atoms with Crippen LogP contribution in [-0.4, -0.2) is 70.0 Å². The maximum absolute atomic E-state index is 12.8. The molecule has 0 saturated heterocycles. The van der Waals surface area contributed by atoms with Gasteiger partial charge in [0.25, 0.3) is 7.82 Å². The van der Waals surface area contributed by atoms with Gasteiger partial charge >= 0.3 is 11.9 Å². The second kappa shape index (κ2) is 55.2. The summed E-state index contributed by atoms with van der Waals surface area (Å²) in [6, 6.07) is 0. The van der Waals surface area contributed by atoms with Crippen LogP contribution < -0.4 is 4.89 Å². The Labute approximate surface area is 457 Å². The number of allylic oxidation sites excluding steroid dienone is 12. The Kier molecular flexibility index (Phi) is 53.3. The van der Waals surface area contributed by atoms with Crippen LogP contribution in [0.3, 0.4) is 0 Å². The first-order valence-electron chi connectivity index (χ1n) is 30.6. The molecule has 0 bridgehead atoms. The van der Waals surface area contributed by atoms with Crippen molar-refractivity contribution in [3.63, 3.8) is 0 Å². The van der Waals surface area contributed by atoms with Crippen LogP contribution in [0.2, 0.25) is 0 Å². The largest absolute Gasteiger partial charge is 0.756 e. The van der Waals surface area contributed by atoms with E-state index in [4.69, 9.17) is 18.5 Å². The molecule has 0 aliphatic rings. The number of quaternary nitrogens is 1. The number of hydrogen-bond donors (Lipinski definition) is 0. The van der Waals surface area contributed by atoms with Gasteiger partial charge in [0.2, 0.25) is 0 Å². The molecule has 2 atom stereocenters. The molecule has 0 N–H and O–H groups in total. The monoisotopic (exact) mass is 1060 g/mol. The lowest BCUT2D eigenvalue weighted by molar-refractivity contribution is -0.870. The molecule has 0 spiro atoms. The van der Waals surface area contributed by atoms with Gasteiger partial charge in [0.15, 0.2) is 6.10 Å². The van der Waals surface area contributed by atoms with Crippen molar-refractivity contribution in [1.82, 2.24) is 0 Å². The fourth-order valence-electron chi connectivity index (χ4n) is 8.50. The molecule has 0 aliphatic heterocycles. The number of rotatable bonds is 56. The summed E-state index contributed by atoms with van der Waals surface area (Å²) in [5.74, 6) is -0.855. The normalized spacial score (nSPS) is 13.8. The predicted octanol–water partition coefficient (Wildman–Crippen LogP) is 18.6. The molecule has 0 fully saturated rings. The molecular weight excluding hydrogens is 942 g/mol. The molecule has 0 aromatic rings. The van der Waals surface area contributed by atoms with E-state index in [-0.39, 0.29) is 32.0 Å². The lowest BCUT2D eigenvalue weighted by atomic mass is 10.0. The van der Waals surface area contributed by atoms with Crippen molar-refractivity contribution in [1.29, 1.82) is 0 Å². The molecule has 2 unspecified atom stereocenters. The van der Waals surface area contributed by atoms with Crippen LogP contribution in [0.4, 0.5) is 0 Å². The van der Waals surface area contributed by atoms with Gasteiger partial charge in [-0.15, -0.1) is 0 Å². The second-order valence-electron chi connectivity index (χ2n) is 21.7. The summed E-state index contributed by atoms with van der Waals surface area (Å²) in [5.41, 5.74) is 0. The number of unbranched alkanes of at least 4 members (excludes halogenated alkanes) is 30. The van der Waals surface area contributed by atoms with Crippen molar-refractivity contribution in [2.45, 2.75) is 277 Å². The molecular formula is C64H116NO8P. The van der Waals surface area contributed by atoms with E-state index in [2.05, 4.69) is 86.8 Å². The highest BCUT2D eigenvalue weighted by atomic mass is 31.2. The molecule has 0 aliphatic carbocycles. The molecule has 9 nitrogen and oxygen atoms in total. The summed E-state index contributed by atoms with van der Waals surface area (Å²) >= 11 is 0. The zero-order valence-electron chi connectivity index (χ0n) is 48.8. The zero-order chi connectivity index (χ0) is 54.2. The van der Waals surface area contributed by atoms with E-state index in [1.54, 1.807) is 0 Å². The van der Waals surface area contributed by atoms with Crippen LogP contribution in [0.25, 0.3) is 0 Å². The minimum absolute atomic E-state index is 0.0376. The highest BCUT2D eigenvalue weighted by Gasteiger charge is 2.22. The van der Waals surface area contributed by atoms with Gasteiger partial charge in [-0.05, 0) is 83.5 Å². The molecule has 430 valence electrons. The van der Waals surface area contributed by atoms with Gasteiger partial charge in [0.05, 0.1) is 27.7 Å². The average molecular weight is 1060 g/mol. The number of hydrogen-bond acceptors (Lipinski definition) is 8. The molecule has 0 rings (SSSR count). The third-order valence-corrected chi connectivity index (χ3v) is 14.2. The van der Waals surface area contributed by atoms with Gasteiger partial charge in [0.1, 0.15) is 19.8 Å². The van der Waals surface area contributed by atoms with E-state index in [9.17, 15) is 19.0 Å². The highest BCUT2D eigenvalue weighted by molar-refractivity contribution is 7.45. The maximum Gasteiger partial charge on any atom is 0.306 e. The minimum Gasteiger partial charge on any atom is -0.756 e. The average Bonchev–Trinajstić information content (AvgIpc) is 3.36. The molecule has 74 heavy (non-hydrogen) atoms. The number of carbonyl (C=O) groups is 2. The van der Waals surface area contributed by atoms with E-state index in [1.807, 2.05) is 21.1 Å². The predicted molar refractivity (Wildman–Crippen MR) is 314 cm³/mol. The summed E-state index contributed by atoms with van der Waals surface area (Å²) in [4.78, 5) is 37.9. The van der Waals surface area contributed by atoms with E-state index in [1.165, 1.54) is 161 Å². The Morgan fingerprint density at radius 2 is 0.770 bits per heavy atom. The fourth-order valence-corrected chi connectivity index (χ4v) is 9.23. The number of likely N-dealkylation sites (N-methyl/N-ethyl adjacent to an activating group) is 1. The van der Waals surface area contributed by atoms with Gasteiger partial charge in [-0.1, -0.05) is 247 Å². The first-order chi connectivity index (χ1) is 36.0. The molecule has 10 heteroatoms. The van der Waals surface area contributed by atoms with Gasteiger partial charge in [-0.3, -0.25) is 14.2 Å². The van der Waals surface area contributed by atoms with Crippen LogP contribution >= 0.6 is 7.82 Å². The third kappa shape index (κ3) is 58.7. The smallest absolute Gasteiger partial charge is 0.306 e. The van der Waals surface area contributed by atoms with Crippen LogP contribution in [0.15, 0.2) is 72.9 Å². The quantitative estimate of drug-likeness (QED) is 0.0195. The first kappa shape index (κ1) is 71.5. The van der Waals surface area contributed by atoms with E-state index in [0.29, 0.717) is 17.4 Å². The van der Waals surface area contributed by atoms with Crippen molar-refractivity contribution in [3.05, 3.63) is 72.9 Å².